The molecule has 0 saturated carbocycles. The van der Waals surface area contributed by atoms with Crippen LogP contribution < -0.4 is 15.4 Å². The smallest absolute Gasteiger partial charge is 0.220 e. The molecular weight excluding hydrogens is 312 g/mol. The number of methoxy groups -OCH3 is 1. The molecule has 0 aliphatic carbocycles. The number of piperidine rings is 1. The first-order chi connectivity index (χ1) is 10.7. The van der Waals surface area contributed by atoms with Gasteiger partial charge in [-0.15, -0.1) is 12.4 Å². The fraction of sp³-hybridized carbons (Fsp3) is 0.611. The molecule has 2 rings (SSSR count). The van der Waals surface area contributed by atoms with Gasteiger partial charge in [0.2, 0.25) is 5.91 Å². The monoisotopic (exact) mass is 340 g/mol. The Bertz CT molecular complexity index is 459. The minimum Gasteiger partial charge on any atom is -0.497 e. The molecule has 2 N–H and O–H groups in total. The van der Waals surface area contributed by atoms with E-state index in [2.05, 4.69) is 17.6 Å². The van der Waals surface area contributed by atoms with Gasteiger partial charge >= 0.3 is 0 Å². The average molecular weight is 341 g/mol. The van der Waals surface area contributed by atoms with Crippen molar-refractivity contribution in [2.45, 2.75) is 32.6 Å². The molecule has 130 valence electrons. The van der Waals surface area contributed by atoms with Crippen LogP contribution in [0, 0.1) is 11.8 Å². The van der Waals surface area contributed by atoms with Crippen molar-refractivity contribution in [3.05, 3.63) is 29.8 Å². The number of rotatable bonds is 7. The van der Waals surface area contributed by atoms with E-state index >= 15 is 0 Å². The molecule has 1 fully saturated rings. The standard InChI is InChI=1S/C18H28N2O2.ClH/c1-14(16-4-3-10-19-13-16)12-18(21)20-11-9-15-5-7-17(22-2)8-6-15;/h5-8,14,16,19H,3-4,9-13H2,1-2H3,(H,20,21);1H. The van der Waals surface area contributed by atoms with E-state index in [4.69, 9.17) is 4.74 Å². The molecule has 1 amide bonds. The Morgan fingerprint density at radius 1 is 1.39 bits per heavy atom. The van der Waals surface area contributed by atoms with Crippen molar-refractivity contribution >= 4 is 18.3 Å². The molecule has 0 spiro atoms. The van der Waals surface area contributed by atoms with Crippen molar-refractivity contribution < 1.29 is 9.53 Å². The van der Waals surface area contributed by atoms with Crippen LogP contribution in [-0.4, -0.2) is 32.7 Å². The van der Waals surface area contributed by atoms with Crippen LogP contribution in [-0.2, 0) is 11.2 Å². The zero-order valence-electron chi connectivity index (χ0n) is 14.1. The van der Waals surface area contributed by atoms with Gasteiger partial charge in [-0.05, 0) is 61.9 Å². The van der Waals surface area contributed by atoms with E-state index < -0.39 is 0 Å². The molecule has 1 aliphatic rings. The van der Waals surface area contributed by atoms with Gasteiger partial charge in [0.1, 0.15) is 5.75 Å². The van der Waals surface area contributed by atoms with Gasteiger partial charge in [0.15, 0.2) is 0 Å². The third-order valence-electron chi connectivity index (χ3n) is 4.54. The Morgan fingerprint density at radius 2 is 2.13 bits per heavy atom. The number of amides is 1. The lowest BCUT2D eigenvalue weighted by atomic mass is 9.85. The molecule has 23 heavy (non-hydrogen) atoms. The predicted molar refractivity (Wildman–Crippen MR) is 96.3 cm³/mol. The number of carbonyl (C=O) groups excluding carboxylic acids is 1. The lowest BCUT2D eigenvalue weighted by Crippen LogP contribution is -2.36. The van der Waals surface area contributed by atoms with Crippen molar-refractivity contribution in [2.75, 3.05) is 26.7 Å². The fourth-order valence-electron chi connectivity index (χ4n) is 3.03. The van der Waals surface area contributed by atoms with E-state index in [0.29, 0.717) is 24.8 Å². The third-order valence-corrected chi connectivity index (χ3v) is 4.54. The number of hydrogen-bond donors (Lipinski definition) is 2. The lowest BCUT2D eigenvalue weighted by Gasteiger charge is -2.28. The van der Waals surface area contributed by atoms with Crippen LogP contribution in [0.2, 0.25) is 0 Å². The number of carbonyl (C=O) groups is 1. The van der Waals surface area contributed by atoms with E-state index in [1.807, 2.05) is 24.3 Å². The van der Waals surface area contributed by atoms with Gasteiger partial charge in [-0.2, -0.15) is 0 Å². The quantitative estimate of drug-likeness (QED) is 0.802. The first kappa shape index (κ1) is 19.8. The number of halogens is 1. The highest BCUT2D eigenvalue weighted by molar-refractivity contribution is 5.85. The Morgan fingerprint density at radius 3 is 2.74 bits per heavy atom. The molecule has 1 heterocycles. The van der Waals surface area contributed by atoms with Crippen LogP contribution in [0.4, 0.5) is 0 Å². The second kappa shape index (κ2) is 10.5. The minimum absolute atomic E-state index is 0. The largest absolute Gasteiger partial charge is 0.497 e. The molecule has 1 saturated heterocycles. The van der Waals surface area contributed by atoms with E-state index in [9.17, 15) is 4.79 Å². The molecular formula is C18H29ClN2O2. The summed E-state index contributed by atoms with van der Waals surface area (Å²) in [7, 11) is 1.66. The molecule has 2 unspecified atom stereocenters. The van der Waals surface area contributed by atoms with Gasteiger partial charge in [-0.25, -0.2) is 0 Å². The highest BCUT2D eigenvalue weighted by Crippen LogP contribution is 2.22. The lowest BCUT2D eigenvalue weighted by molar-refractivity contribution is -0.122. The normalized spacial score (nSPS) is 18.6. The van der Waals surface area contributed by atoms with Crippen molar-refractivity contribution in [1.82, 2.24) is 10.6 Å². The number of nitrogens with one attached hydrogen (secondary N) is 2. The average Bonchev–Trinajstić information content (AvgIpc) is 2.56. The molecule has 5 heteroatoms. The van der Waals surface area contributed by atoms with Crippen molar-refractivity contribution in [2.24, 2.45) is 11.8 Å². The first-order valence-electron chi connectivity index (χ1n) is 8.29. The van der Waals surface area contributed by atoms with E-state index in [-0.39, 0.29) is 18.3 Å². The maximum absolute atomic E-state index is 12.0. The van der Waals surface area contributed by atoms with Crippen LogP contribution >= 0.6 is 12.4 Å². The first-order valence-corrected chi connectivity index (χ1v) is 8.29. The maximum Gasteiger partial charge on any atom is 0.220 e. The van der Waals surface area contributed by atoms with Crippen LogP contribution in [0.15, 0.2) is 24.3 Å². The molecule has 2 atom stereocenters. The summed E-state index contributed by atoms with van der Waals surface area (Å²) in [6.07, 6.45) is 3.96. The number of ether oxygens (including phenoxy) is 1. The Hall–Kier alpha value is -1.26. The molecule has 1 aromatic carbocycles. The summed E-state index contributed by atoms with van der Waals surface area (Å²) < 4.78 is 5.14. The summed E-state index contributed by atoms with van der Waals surface area (Å²) in [5, 5.41) is 6.46. The molecule has 0 radical (unpaired) electrons. The minimum atomic E-state index is 0. The van der Waals surface area contributed by atoms with Gasteiger partial charge in [-0.1, -0.05) is 19.1 Å². The summed E-state index contributed by atoms with van der Waals surface area (Å²) in [5.41, 5.74) is 1.21. The zero-order chi connectivity index (χ0) is 15.8. The van der Waals surface area contributed by atoms with Gasteiger partial charge in [0.05, 0.1) is 7.11 Å². The van der Waals surface area contributed by atoms with Crippen molar-refractivity contribution in [3.63, 3.8) is 0 Å². The maximum atomic E-state index is 12.0. The summed E-state index contributed by atoms with van der Waals surface area (Å²) in [6.45, 7) is 5.07. The highest BCUT2D eigenvalue weighted by Gasteiger charge is 2.21. The van der Waals surface area contributed by atoms with E-state index in [1.54, 1.807) is 7.11 Å². The summed E-state index contributed by atoms with van der Waals surface area (Å²) >= 11 is 0. The van der Waals surface area contributed by atoms with E-state index in [1.165, 1.54) is 18.4 Å². The topological polar surface area (TPSA) is 50.4 Å². The summed E-state index contributed by atoms with van der Waals surface area (Å²) in [4.78, 5) is 12.0. The molecule has 0 bridgehead atoms. The van der Waals surface area contributed by atoms with Crippen molar-refractivity contribution in [3.8, 4) is 5.75 Å². The fourth-order valence-corrected chi connectivity index (χ4v) is 3.03. The van der Waals surface area contributed by atoms with Gasteiger partial charge in [0.25, 0.3) is 0 Å². The molecule has 4 nitrogen and oxygen atoms in total. The zero-order valence-corrected chi connectivity index (χ0v) is 15.0. The van der Waals surface area contributed by atoms with Gasteiger partial charge < -0.3 is 15.4 Å². The summed E-state index contributed by atoms with van der Waals surface area (Å²) in [5.74, 6) is 2.13. The second-order valence-electron chi connectivity index (χ2n) is 6.24. The molecule has 0 aromatic heterocycles. The van der Waals surface area contributed by atoms with Crippen LogP contribution in [0.1, 0.15) is 31.7 Å². The SMILES string of the molecule is COc1ccc(CCNC(=O)CC(C)C2CCCNC2)cc1.Cl. The number of benzene rings is 1. The number of hydrogen-bond acceptors (Lipinski definition) is 3. The molecule has 1 aromatic rings. The highest BCUT2D eigenvalue weighted by atomic mass is 35.5. The Balaban J connectivity index is 0.00000264. The van der Waals surface area contributed by atoms with Gasteiger partial charge in [0, 0.05) is 13.0 Å². The van der Waals surface area contributed by atoms with Crippen LogP contribution in [0.3, 0.4) is 0 Å². The van der Waals surface area contributed by atoms with Crippen molar-refractivity contribution in [1.29, 1.82) is 0 Å². The predicted octanol–water partition coefficient (Wildman–Crippen LogP) is 2.80. The van der Waals surface area contributed by atoms with Crippen LogP contribution in [0.25, 0.3) is 0 Å². The third kappa shape index (κ3) is 6.80. The van der Waals surface area contributed by atoms with Crippen LogP contribution in [0.5, 0.6) is 5.75 Å². The second-order valence-corrected chi connectivity index (χ2v) is 6.24. The Kier molecular flexibility index (Phi) is 9.03. The summed E-state index contributed by atoms with van der Waals surface area (Å²) in [6, 6.07) is 7.99. The molecule has 1 aliphatic heterocycles. The van der Waals surface area contributed by atoms with Gasteiger partial charge in [-0.3, -0.25) is 4.79 Å². The Labute approximate surface area is 145 Å². The van der Waals surface area contributed by atoms with E-state index in [0.717, 1.165) is 25.3 Å².